The maximum absolute atomic E-state index is 11.7. The lowest BCUT2D eigenvalue weighted by Crippen LogP contribution is -2.40. The zero-order chi connectivity index (χ0) is 17.9. The second-order valence-corrected chi connectivity index (χ2v) is 9.33. The number of nitrogens with zero attached hydrogens (tertiary/aromatic N) is 3. The lowest BCUT2D eigenvalue weighted by atomic mass is 9.93. The zero-order valence-electron chi connectivity index (χ0n) is 15.4. The number of rotatable bonds is 9. The molecule has 2 N–H and O–H groups in total. The average Bonchev–Trinajstić information content (AvgIpc) is 3.09. The Kier molecular flexibility index (Phi) is 5.82. The molecule has 1 unspecified atom stereocenters. The zero-order valence-corrected chi connectivity index (χ0v) is 16.2. The molecule has 1 aromatic heterocycles. The molecule has 0 amide bonds. The van der Waals surface area contributed by atoms with Crippen molar-refractivity contribution in [2.24, 2.45) is 5.41 Å². The molecule has 1 spiro atoms. The largest absolute Gasteiger partial charge is 0.334 e. The van der Waals surface area contributed by atoms with Crippen LogP contribution >= 0.6 is 0 Å². The maximum Gasteiger partial charge on any atom is 0.211 e. The van der Waals surface area contributed by atoms with Crippen LogP contribution < -0.4 is 10.0 Å². The first-order chi connectivity index (χ1) is 12.0. The fourth-order valence-electron chi connectivity index (χ4n) is 4.06. The Morgan fingerprint density at radius 3 is 2.84 bits per heavy atom. The van der Waals surface area contributed by atoms with Crippen LogP contribution in [0.5, 0.6) is 0 Å². The minimum absolute atomic E-state index is 0.131. The maximum atomic E-state index is 11.7. The molecular formula is C17H31N5O2S. The van der Waals surface area contributed by atoms with E-state index >= 15 is 0 Å². The number of hydrogen-bond acceptors (Lipinski definition) is 5. The minimum Gasteiger partial charge on any atom is -0.334 e. The van der Waals surface area contributed by atoms with E-state index in [2.05, 4.69) is 31.4 Å². The molecule has 1 saturated heterocycles. The Morgan fingerprint density at radius 2 is 2.16 bits per heavy atom. The molecule has 142 valence electrons. The van der Waals surface area contributed by atoms with Crippen molar-refractivity contribution < 1.29 is 8.42 Å². The number of piperidine rings is 1. The molecule has 1 saturated carbocycles. The predicted octanol–water partition coefficient (Wildman–Crippen LogP) is 0.786. The normalized spacial score (nSPS) is 22.6. The Labute approximate surface area is 151 Å². The molecule has 2 heterocycles. The van der Waals surface area contributed by atoms with E-state index in [9.17, 15) is 8.42 Å². The van der Waals surface area contributed by atoms with Crippen LogP contribution in [0.15, 0.2) is 12.4 Å². The Balaban J connectivity index is 1.66. The summed E-state index contributed by atoms with van der Waals surface area (Å²) >= 11 is 0. The summed E-state index contributed by atoms with van der Waals surface area (Å²) in [5.74, 6) is 1.20. The van der Waals surface area contributed by atoms with Crippen molar-refractivity contribution in [2.75, 3.05) is 31.9 Å². The number of hydrogen-bond donors (Lipinski definition) is 2. The molecule has 0 radical (unpaired) electrons. The van der Waals surface area contributed by atoms with Gasteiger partial charge in [0.05, 0.1) is 12.3 Å². The highest BCUT2D eigenvalue weighted by Crippen LogP contribution is 2.55. The molecule has 2 aliphatic rings. The van der Waals surface area contributed by atoms with E-state index in [4.69, 9.17) is 0 Å². The Hall–Kier alpha value is -0.960. The Bertz CT molecular complexity index is 666. The van der Waals surface area contributed by atoms with Crippen molar-refractivity contribution in [2.45, 2.75) is 52.2 Å². The predicted molar refractivity (Wildman–Crippen MR) is 98.7 cm³/mol. The molecule has 1 aliphatic carbocycles. The molecule has 7 nitrogen and oxygen atoms in total. The van der Waals surface area contributed by atoms with Gasteiger partial charge < -0.3 is 9.88 Å². The van der Waals surface area contributed by atoms with Crippen LogP contribution in [0.3, 0.4) is 0 Å². The molecule has 1 aromatic rings. The minimum atomic E-state index is -3.14. The van der Waals surface area contributed by atoms with Gasteiger partial charge >= 0.3 is 0 Å². The summed E-state index contributed by atoms with van der Waals surface area (Å²) < 4.78 is 28.3. The van der Waals surface area contributed by atoms with E-state index in [1.54, 1.807) is 6.92 Å². The highest BCUT2D eigenvalue weighted by atomic mass is 32.2. The van der Waals surface area contributed by atoms with Gasteiger partial charge in [0.2, 0.25) is 10.0 Å². The van der Waals surface area contributed by atoms with Crippen molar-refractivity contribution in [1.29, 1.82) is 0 Å². The molecule has 0 bridgehead atoms. The van der Waals surface area contributed by atoms with Gasteiger partial charge in [0, 0.05) is 38.1 Å². The number of aryl methyl sites for hydroxylation is 1. The van der Waals surface area contributed by atoms with E-state index in [0.717, 1.165) is 38.5 Å². The highest BCUT2D eigenvalue weighted by Gasteiger charge is 2.56. The summed E-state index contributed by atoms with van der Waals surface area (Å²) in [6.07, 6.45) is 7.53. The molecular weight excluding hydrogens is 338 g/mol. The monoisotopic (exact) mass is 369 g/mol. The summed E-state index contributed by atoms with van der Waals surface area (Å²) in [6.45, 7) is 8.87. The first kappa shape index (κ1) is 18.8. The summed E-state index contributed by atoms with van der Waals surface area (Å²) in [4.78, 5) is 6.96. The van der Waals surface area contributed by atoms with Crippen molar-refractivity contribution >= 4 is 10.0 Å². The van der Waals surface area contributed by atoms with Crippen molar-refractivity contribution in [1.82, 2.24) is 24.5 Å². The van der Waals surface area contributed by atoms with E-state index < -0.39 is 10.0 Å². The average molecular weight is 370 g/mol. The van der Waals surface area contributed by atoms with Gasteiger partial charge in [-0.3, -0.25) is 4.90 Å². The van der Waals surface area contributed by atoms with Crippen molar-refractivity contribution in [3.8, 4) is 0 Å². The second-order valence-electron chi connectivity index (χ2n) is 7.23. The molecule has 3 rings (SSSR count). The number of aromatic nitrogens is 2. The van der Waals surface area contributed by atoms with Gasteiger partial charge in [0.1, 0.15) is 5.82 Å². The smallest absolute Gasteiger partial charge is 0.211 e. The van der Waals surface area contributed by atoms with E-state index in [1.807, 2.05) is 12.4 Å². The van der Waals surface area contributed by atoms with Crippen LogP contribution in [0.4, 0.5) is 0 Å². The van der Waals surface area contributed by atoms with Gasteiger partial charge in [-0.25, -0.2) is 18.1 Å². The van der Waals surface area contributed by atoms with Crippen LogP contribution in [0.25, 0.3) is 0 Å². The van der Waals surface area contributed by atoms with Crippen LogP contribution in [0.2, 0.25) is 0 Å². The SMILES string of the molecule is CCn1ccnc1CN(CCNS(=O)(=O)CC)C1CC12CCNCC2. The summed E-state index contributed by atoms with van der Waals surface area (Å²) in [5.41, 5.74) is 0.429. The van der Waals surface area contributed by atoms with E-state index in [1.165, 1.54) is 19.3 Å². The summed E-state index contributed by atoms with van der Waals surface area (Å²) in [5, 5.41) is 3.45. The van der Waals surface area contributed by atoms with Crippen LogP contribution in [-0.2, 0) is 23.1 Å². The van der Waals surface area contributed by atoms with Crippen molar-refractivity contribution in [3.63, 3.8) is 0 Å². The molecule has 0 aromatic carbocycles. The van der Waals surface area contributed by atoms with Gasteiger partial charge in [-0.15, -0.1) is 0 Å². The third kappa shape index (κ3) is 4.42. The molecule has 1 atom stereocenters. The third-order valence-corrected chi connectivity index (χ3v) is 7.18. The fraction of sp³-hybridized carbons (Fsp3) is 0.824. The van der Waals surface area contributed by atoms with Crippen molar-refractivity contribution in [3.05, 3.63) is 18.2 Å². The highest BCUT2D eigenvalue weighted by molar-refractivity contribution is 7.89. The van der Waals surface area contributed by atoms with Crippen LogP contribution in [-0.4, -0.2) is 60.8 Å². The standard InChI is InChI=1S/C17H31N5O2S/c1-3-21-11-9-19-16(21)14-22(12-10-20-25(23,24)4-2)15-13-17(15)5-7-18-8-6-17/h9,11,15,18,20H,3-8,10,12-14H2,1-2H3. The number of imidazole rings is 1. The van der Waals surface area contributed by atoms with E-state index in [0.29, 0.717) is 18.0 Å². The first-order valence-corrected chi connectivity index (χ1v) is 11.1. The lowest BCUT2D eigenvalue weighted by Gasteiger charge is -2.29. The molecule has 8 heteroatoms. The van der Waals surface area contributed by atoms with Crippen LogP contribution in [0, 0.1) is 5.41 Å². The van der Waals surface area contributed by atoms with Gasteiger partial charge in [0.25, 0.3) is 0 Å². The number of nitrogens with one attached hydrogen (secondary N) is 2. The van der Waals surface area contributed by atoms with Gasteiger partial charge in [0.15, 0.2) is 0 Å². The third-order valence-electron chi connectivity index (χ3n) is 5.77. The number of sulfonamides is 1. The summed E-state index contributed by atoms with van der Waals surface area (Å²) in [7, 11) is -3.14. The Morgan fingerprint density at radius 1 is 1.40 bits per heavy atom. The first-order valence-electron chi connectivity index (χ1n) is 9.42. The summed E-state index contributed by atoms with van der Waals surface area (Å²) in [6, 6.07) is 0.544. The molecule has 25 heavy (non-hydrogen) atoms. The fourth-order valence-corrected chi connectivity index (χ4v) is 4.66. The van der Waals surface area contributed by atoms with Gasteiger partial charge in [-0.1, -0.05) is 0 Å². The van der Waals surface area contributed by atoms with Gasteiger partial charge in [-0.05, 0) is 51.6 Å². The van der Waals surface area contributed by atoms with E-state index in [-0.39, 0.29) is 5.75 Å². The second kappa shape index (κ2) is 7.73. The lowest BCUT2D eigenvalue weighted by molar-refractivity contribution is 0.192. The quantitative estimate of drug-likeness (QED) is 0.673. The van der Waals surface area contributed by atoms with Gasteiger partial charge in [-0.2, -0.15) is 0 Å². The molecule has 2 fully saturated rings. The topological polar surface area (TPSA) is 79.3 Å². The van der Waals surface area contributed by atoms with Crippen LogP contribution in [0.1, 0.15) is 38.9 Å². The molecule has 1 aliphatic heterocycles.